The van der Waals surface area contributed by atoms with Gasteiger partial charge < -0.3 is 14.6 Å². The van der Waals surface area contributed by atoms with Gasteiger partial charge in [0.2, 0.25) is 0 Å². The van der Waals surface area contributed by atoms with Gasteiger partial charge in [0.05, 0.1) is 13.7 Å². The molecule has 0 aliphatic rings. The number of methoxy groups -OCH3 is 1. The van der Waals surface area contributed by atoms with Crippen molar-refractivity contribution >= 4 is 0 Å². The van der Waals surface area contributed by atoms with Gasteiger partial charge in [-0.15, -0.1) is 0 Å². The molecule has 0 aliphatic carbocycles. The molecular weight excluding hydrogens is 300 g/mol. The highest BCUT2D eigenvalue weighted by atomic mass is 16.5. The second-order valence-corrected chi connectivity index (χ2v) is 5.53. The molecule has 0 atom stereocenters. The number of benzene rings is 3. The Morgan fingerprint density at radius 3 is 2.12 bits per heavy atom. The summed E-state index contributed by atoms with van der Waals surface area (Å²) < 4.78 is 11.3. The highest BCUT2D eigenvalue weighted by Gasteiger charge is 2.06. The molecule has 0 bridgehead atoms. The average molecular weight is 320 g/mol. The standard InChI is InChI=1S/C21H20O3/c1-23-20-11-19(18-9-7-16(14-22)8-10-18)12-21(13-20)24-15-17-5-3-2-4-6-17/h2-13,22H,14-15H2,1H3. The second-order valence-electron chi connectivity index (χ2n) is 5.53. The molecule has 24 heavy (non-hydrogen) atoms. The molecule has 0 saturated carbocycles. The molecule has 0 unspecified atom stereocenters. The van der Waals surface area contributed by atoms with Crippen molar-refractivity contribution in [2.24, 2.45) is 0 Å². The van der Waals surface area contributed by atoms with E-state index in [2.05, 4.69) is 0 Å². The van der Waals surface area contributed by atoms with E-state index < -0.39 is 0 Å². The van der Waals surface area contributed by atoms with Crippen LogP contribution in [0.15, 0.2) is 72.8 Å². The molecular formula is C21H20O3. The first-order valence-electron chi connectivity index (χ1n) is 7.84. The number of hydrogen-bond acceptors (Lipinski definition) is 3. The third-order valence-corrected chi connectivity index (χ3v) is 3.83. The van der Waals surface area contributed by atoms with Crippen molar-refractivity contribution in [1.29, 1.82) is 0 Å². The van der Waals surface area contributed by atoms with Crippen molar-refractivity contribution < 1.29 is 14.6 Å². The van der Waals surface area contributed by atoms with Crippen molar-refractivity contribution in [3.05, 3.63) is 83.9 Å². The fourth-order valence-electron chi connectivity index (χ4n) is 2.48. The molecule has 0 aromatic heterocycles. The lowest BCUT2D eigenvalue weighted by Crippen LogP contribution is -1.96. The molecule has 3 nitrogen and oxygen atoms in total. The molecule has 0 aliphatic heterocycles. The Morgan fingerprint density at radius 2 is 1.46 bits per heavy atom. The SMILES string of the molecule is COc1cc(OCc2ccccc2)cc(-c2ccc(CO)cc2)c1. The quantitative estimate of drug-likeness (QED) is 0.730. The molecule has 0 heterocycles. The maximum atomic E-state index is 9.16. The first kappa shape index (κ1) is 16.1. The zero-order chi connectivity index (χ0) is 16.8. The predicted octanol–water partition coefficient (Wildman–Crippen LogP) is 4.43. The molecule has 3 aromatic carbocycles. The van der Waals surface area contributed by atoms with E-state index in [9.17, 15) is 0 Å². The summed E-state index contributed by atoms with van der Waals surface area (Å²) in [7, 11) is 1.65. The lowest BCUT2D eigenvalue weighted by Gasteiger charge is -2.11. The molecule has 0 fully saturated rings. The fraction of sp³-hybridized carbons (Fsp3) is 0.143. The van der Waals surface area contributed by atoms with Gasteiger partial charge in [-0.25, -0.2) is 0 Å². The number of aliphatic hydroxyl groups is 1. The Morgan fingerprint density at radius 1 is 0.750 bits per heavy atom. The molecule has 1 N–H and O–H groups in total. The van der Waals surface area contributed by atoms with E-state index in [1.165, 1.54) is 0 Å². The highest BCUT2D eigenvalue weighted by molar-refractivity contribution is 5.67. The molecule has 0 spiro atoms. The van der Waals surface area contributed by atoms with Crippen LogP contribution in [0.25, 0.3) is 11.1 Å². The lowest BCUT2D eigenvalue weighted by atomic mass is 10.0. The molecule has 3 heteroatoms. The van der Waals surface area contributed by atoms with Crippen LogP contribution in [0, 0.1) is 0 Å². The van der Waals surface area contributed by atoms with Crippen LogP contribution in [-0.2, 0) is 13.2 Å². The van der Waals surface area contributed by atoms with Gasteiger partial charge in [0, 0.05) is 6.07 Å². The number of hydrogen-bond donors (Lipinski definition) is 1. The third-order valence-electron chi connectivity index (χ3n) is 3.83. The molecule has 0 saturated heterocycles. The Balaban J connectivity index is 1.84. The van der Waals surface area contributed by atoms with E-state index in [0.717, 1.165) is 33.8 Å². The van der Waals surface area contributed by atoms with Gasteiger partial charge in [0.1, 0.15) is 18.1 Å². The Labute approximate surface area is 142 Å². The summed E-state index contributed by atoms with van der Waals surface area (Å²) >= 11 is 0. The van der Waals surface area contributed by atoms with Crippen LogP contribution in [-0.4, -0.2) is 12.2 Å². The Hall–Kier alpha value is -2.78. The number of ether oxygens (including phenoxy) is 2. The Bertz CT molecular complexity index is 780. The summed E-state index contributed by atoms with van der Waals surface area (Å²) in [5.74, 6) is 1.52. The van der Waals surface area contributed by atoms with Gasteiger partial charge in [-0.05, 0) is 34.4 Å². The predicted molar refractivity (Wildman–Crippen MR) is 95.1 cm³/mol. The van der Waals surface area contributed by atoms with Gasteiger partial charge >= 0.3 is 0 Å². The lowest BCUT2D eigenvalue weighted by molar-refractivity contribution is 0.282. The fourth-order valence-corrected chi connectivity index (χ4v) is 2.48. The minimum atomic E-state index is 0.0455. The summed E-state index contributed by atoms with van der Waals surface area (Å²) in [6.07, 6.45) is 0. The van der Waals surface area contributed by atoms with Crippen LogP contribution >= 0.6 is 0 Å². The zero-order valence-electron chi connectivity index (χ0n) is 13.6. The average Bonchev–Trinajstić information content (AvgIpc) is 2.67. The van der Waals surface area contributed by atoms with Crippen LogP contribution in [0.4, 0.5) is 0 Å². The maximum Gasteiger partial charge on any atom is 0.124 e. The van der Waals surface area contributed by atoms with Gasteiger partial charge in [0.15, 0.2) is 0 Å². The van der Waals surface area contributed by atoms with Gasteiger partial charge in [0.25, 0.3) is 0 Å². The van der Waals surface area contributed by atoms with E-state index in [1.807, 2.05) is 72.8 Å². The van der Waals surface area contributed by atoms with Crippen LogP contribution in [0.5, 0.6) is 11.5 Å². The van der Waals surface area contributed by atoms with Crippen molar-refractivity contribution in [2.75, 3.05) is 7.11 Å². The molecule has 0 amide bonds. The number of aliphatic hydroxyl groups excluding tert-OH is 1. The molecule has 3 rings (SSSR count). The van der Waals surface area contributed by atoms with E-state index in [4.69, 9.17) is 14.6 Å². The second kappa shape index (κ2) is 7.66. The summed E-state index contributed by atoms with van der Waals surface area (Å²) in [6.45, 7) is 0.556. The van der Waals surface area contributed by atoms with E-state index in [1.54, 1.807) is 7.11 Å². The summed E-state index contributed by atoms with van der Waals surface area (Å²) in [5.41, 5.74) is 4.08. The number of rotatable bonds is 6. The van der Waals surface area contributed by atoms with Crippen LogP contribution in [0.1, 0.15) is 11.1 Å². The maximum absolute atomic E-state index is 9.16. The first-order valence-corrected chi connectivity index (χ1v) is 7.84. The molecule has 122 valence electrons. The normalized spacial score (nSPS) is 10.4. The van der Waals surface area contributed by atoms with E-state index >= 15 is 0 Å². The van der Waals surface area contributed by atoms with E-state index in [-0.39, 0.29) is 6.61 Å². The molecule has 3 aromatic rings. The Kier molecular flexibility index (Phi) is 5.14. The zero-order valence-corrected chi connectivity index (χ0v) is 13.6. The summed E-state index contributed by atoms with van der Waals surface area (Å²) in [4.78, 5) is 0. The first-order chi connectivity index (χ1) is 11.8. The minimum Gasteiger partial charge on any atom is -0.497 e. The van der Waals surface area contributed by atoms with Crippen LogP contribution < -0.4 is 9.47 Å². The van der Waals surface area contributed by atoms with Crippen molar-refractivity contribution in [2.45, 2.75) is 13.2 Å². The van der Waals surface area contributed by atoms with Crippen molar-refractivity contribution in [3.8, 4) is 22.6 Å². The molecule has 0 radical (unpaired) electrons. The summed E-state index contributed by atoms with van der Waals surface area (Å²) in [5, 5.41) is 9.16. The van der Waals surface area contributed by atoms with Crippen LogP contribution in [0.2, 0.25) is 0 Å². The highest BCUT2D eigenvalue weighted by Crippen LogP contribution is 2.30. The van der Waals surface area contributed by atoms with Gasteiger partial charge in [-0.2, -0.15) is 0 Å². The van der Waals surface area contributed by atoms with Crippen molar-refractivity contribution in [1.82, 2.24) is 0 Å². The van der Waals surface area contributed by atoms with Gasteiger partial charge in [-0.1, -0.05) is 54.6 Å². The monoisotopic (exact) mass is 320 g/mol. The van der Waals surface area contributed by atoms with Crippen LogP contribution in [0.3, 0.4) is 0 Å². The minimum absolute atomic E-state index is 0.0455. The van der Waals surface area contributed by atoms with Gasteiger partial charge in [-0.3, -0.25) is 0 Å². The van der Waals surface area contributed by atoms with E-state index in [0.29, 0.717) is 6.61 Å². The third kappa shape index (κ3) is 3.94. The largest absolute Gasteiger partial charge is 0.497 e. The summed E-state index contributed by atoms with van der Waals surface area (Å²) in [6, 6.07) is 23.7. The topological polar surface area (TPSA) is 38.7 Å². The smallest absolute Gasteiger partial charge is 0.124 e. The van der Waals surface area contributed by atoms with Crippen molar-refractivity contribution in [3.63, 3.8) is 0 Å².